The third-order valence-electron chi connectivity index (χ3n) is 12.0. The van der Waals surface area contributed by atoms with Crippen LogP contribution in [0.4, 0.5) is 41.7 Å². The van der Waals surface area contributed by atoms with E-state index < -0.39 is 23.4 Å². The molecule has 4 fully saturated rings. The van der Waals surface area contributed by atoms with Crippen LogP contribution in [0.3, 0.4) is 0 Å². The number of hydrogen-bond acceptors (Lipinski definition) is 10. The first-order valence-corrected chi connectivity index (χ1v) is 19.7. The molecule has 4 aliphatic heterocycles. The summed E-state index contributed by atoms with van der Waals surface area (Å²) in [5.74, 6) is 0.357. The number of alkyl halides is 3. The molecule has 4 aliphatic rings. The molecule has 4 saturated heterocycles. The molecule has 3 aromatic rings. The van der Waals surface area contributed by atoms with Crippen LogP contribution in [0.15, 0.2) is 54.9 Å². The number of nitrogens with one attached hydrogen (secondary N) is 1. The Labute approximate surface area is 326 Å². The van der Waals surface area contributed by atoms with Gasteiger partial charge in [-0.05, 0) is 80.8 Å². The van der Waals surface area contributed by atoms with Gasteiger partial charge in [-0.15, -0.1) is 0 Å². The summed E-state index contributed by atoms with van der Waals surface area (Å²) in [6, 6.07) is 11.9. The number of halogens is 3. The molecule has 298 valence electrons. The van der Waals surface area contributed by atoms with Crippen molar-refractivity contribution in [1.82, 2.24) is 19.8 Å². The fourth-order valence-electron chi connectivity index (χ4n) is 8.66. The largest absolute Gasteiger partial charge is 0.464 e. The Morgan fingerprint density at radius 1 is 0.786 bits per heavy atom. The van der Waals surface area contributed by atoms with E-state index >= 15 is 0 Å². The van der Waals surface area contributed by atoms with E-state index in [1.807, 2.05) is 29.3 Å². The molecule has 1 aromatic carbocycles. The van der Waals surface area contributed by atoms with Crippen molar-refractivity contribution in [3.8, 4) is 0 Å². The Kier molecular flexibility index (Phi) is 12.3. The third-order valence-corrected chi connectivity index (χ3v) is 12.0. The summed E-state index contributed by atoms with van der Waals surface area (Å²) in [6.07, 6.45) is 4.53. The smallest absolute Gasteiger partial charge is 0.407 e. The summed E-state index contributed by atoms with van der Waals surface area (Å²) < 4.78 is 45.2. The summed E-state index contributed by atoms with van der Waals surface area (Å²) in [5.41, 5.74) is 1.50. The molecule has 1 amide bonds. The second-order valence-corrected chi connectivity index (χ2v) is 15.3. The molecular weight excluding hydrogens is 724 g/mol. The van der Waals surface area contributed by atoms with Crippen LogP contribution < -0.4 is 20.0 Å². The minimum absolute atomic E-state index is 0.130. The average Bonchev–Trinajstić information content (AvgIpc) is 3.24. The lowest BCUT2D eigenvalue weighted by Gasteiger charge is -2.44. The molecule has 0 radical (unpaired) electrons. The van der Waals surface area contributed by atoms with E-state index in [1.165, 1.54) is 13.2 Å². The predicted molar refractivity (Wildman–Crippen MR) is 209 cm³/mol. The van der Waals surface area contributed by atoms with Gasteiger partial charge >= 0.3 is 12.1 Å². The van der Waals surface area contributed by atoms with Gasteiger partial charge in [0, 0.05) is 89.6 Å². The number of ether oxygens (including phenoxy) is 1. The van der Waals surface area contributed by atoms with Crippen molar-refractivity contribution in [3.05, 3.63) is 77.5 Å². The van der Waals surface area contributed by atoms with Gasteiger partial charge in [-0.2, -0.15) is 13.2 Å². The van der Waals surface area contributed by atoms with Crippen LogP contribution in [-0.2, 0) is 15.7 Å². The van der Waals surface area contributed by atoms with Gasteiger partial charge in [0.1, 0.15) is 11.5 Å². The van der Waals surface area contributed by atoms with Gasteiger partial charge in [-0.25, -0.2) is 19.6 Å². The summed E-state index contributed by atoms with van der Waals surface area (Å²) in [5, 5.41) is 2.94. The zero-order valence-corrected chi connectivity index (χ0v) is 31.9. The van der Waals surface area contributed by atoms with Crippen LogP contribution in [0.1, 0.15) is 54.6 Å². The van der Waals surface area contributed by atoms with Gasteiger partial charge in [0.15, 0.2) is 5.69 Å². The Morgan fingerprint density at radius 3 is 1.95 bits per heavy atom. The van der Waals surface area contributed by atoms with Crippen molar-refractivity contribution in [2.45, 2.75) is 50.7 Å². The van der Waals surface area contributed by atoms with Gasteiger partial charge in [-0.3, -0.25) is 9.69 Å². The zero-order valence-electron chi connectivity index (χ0n) is 31.9. The predicted octanol–water partition coefficient (Wildman–Crippen LogP) is 6.19. The van der Waals surface area contributed by atoms with Crippen LogP contribution >= 0.6 is 0 Å². The minimum atomic E-state index is -4.60. The van der Waals surface area contributed by atoms with E-state index in [4.69, 9.17) is 11.3 Å². The summed E-state index contributed by atoms with van der Waals surface area (Å²) >= 11 is 0. The molecule has 0 saturated carbocycles. The van der Waals surface area contributed by atoms with Gasteiger partial charge in [0.2, 0.25) is 5.91 Å². The van der Waals surface area contributed by atoms with E-state index in [0.717, 1.165) is 102 Å². The molecule has 56 heavy (non-hydrogen) atoms. The first-order valence-electron chi connectivity index (χ1n) is 19.7. The lowest BCUT2D eigenvalue weighted by Crippen LogP contribution is -2.54. The monoisotopic (exact) mass is 773 g/mol. The van der Waals surface area contributed by atoms with E-state index in [-0.39, 0.29) is 11.8 Å². The number of carbonyl (C=O) groups excluding carboxylic acids is 2. The lowest BCUT2D eigenvalue weighted by molar-refractivity contribution is -0.136. The highest BCUT2D eigenvalue weighted by molar-refractivity contribution is 5.92. The molecule has 1 N–H and O–H groups in total. The number of hydrogen-bond donors (Lipinski definition) is 1. The number of carbonyl (C=O) groups is 2. The molecule has 0 aliphatic carbocycles. The van der Waals surface area contributed by atoms with E-state index in [1.54, 1.807) is 18.3 Å². The lowest BCUT2D eigenvalue weighted by atomic mass is 9.95. The number of rotatable bonds is 9. The highest BCUT2D eigenvalue weighted by Crippen LogP contribution is 2.39. The Hall–Kier alpha value is -4.94. The number of esters is 1. The van der Waals surface area contributed by atoms with Gasteiger partial charge < -0.3 is 29.7 Å². The number of aromatic nitrogens is 2. The number of nitrogens with zero attached hydrogens (tertiary/aromatic N) is 8. The number of methoxy groups -OCH3 is 1. The van der Waals surface area contributed by atoms with Crippen molar-refractivity contribution in [2.75, 3.05) is 99.1 Å². The topological polar surface area (TPSA) is 102 Å². The number of piperazine rings is 1. The SMILES string of the molecule is [C-]#[N+]c1ccc(N2CCC(C(=O)Nc3ccc(N4CCC(CN5CCN(C6CCN(c7ccc(C(=O)OC)nc7)CC6)CC5)CC4)cn3)CC2)cc1C(F)(F)F. The highest BCUT2D eigenvalue weighted by Gasteiger charge is 2.35. The van der Waals surface area contributed by atoms with Crippen molar-refractivity contribution < 1.29 is 27.5 Å². The third kappa shape index (κ3) is 9.35. The number of benzene rings is 1. The molecule has 0 spiro atoms. The first kappa shape index (κ1) is 39.3. The molecule has 0 atom stereocenters. The summed E-state index contributed by atoms with van der Waals surface area (Å²) in [4.78, 5) is 48.5. The minimum Gasteiger partial charge on any atom is -0.464 e. The van der Waals surface area contributed by atoms with Crippen LogP contribution in [0, 0.1) is 18.4 Å². The average molecular weight is 774 g/mol. The zero-order chi connectivity index (χ0) is 39.2. The van der Waals surface area contributed by atoms with Crippen LogP contribution in [-0.4, -0.2) is 117 Å². The van der Waals surface area contributed by atoms with E-state index in [2.05, 4.69) is 39.7 Å². The fraction of sp³-hybridized carbons (Fsp3) is 0.537. The van der Waals surface area contributed by atoms with Crippen LogP contribution in [0.2, 0.25) is 0 Å². The second-order valence-electron chi connectivity index (χ2n) is 15.3. The number of amides is 1. The molecule has 0 bridgehead atoms. The highest BCUT2D eigenvalue weighted by atomic mass is 19.4. The van der Waals surface area contributed by atoms with Gasteiger partial charge in [0.05, 0.1) is 43.0 Å². The maximum atomic E-state index is 13.5. The molecule has 15 heteroatoms. The first-order chi connectivity index (χ1) is 27.1. The van der Waals surface area contributed by atoms with Crippen molar-refractivity contribution in [2.24, 2.45) is 11.8 Å². The Morgan fingerprint density at radius 2 is 1.38 bits per heavy atom. The standard InChI is InChI=1S/C41H50F3N9O3/c1-45-36-6-3-32(25-35(36)41(42,43)44)50-17-11-30(12-18-50)39(54)48-38-8-5-34(27-47-38)51-15-9-29(10-16-51)28-49-21-23-53(24-22-49)31-13-19-52(20-14-31)33-4-7-37(46-26-33)40(55)56-2/h3-8,25-27,29-31H,9-24,28H2,2H3,(H,47,48,54). The quantitative estimate of drug-likeness (QED) is 0.200. The molecule has 0 unspecified atom stereocenters. The number of pyridine rings is 2. The summed E-state index contributed by atoms with van der Waals surface area (Å²) in [6.45, 7) is 17.4. The molecular formula is C41H50F3N9O3. The molecule has 2 aromatic heterocycles. The van der Waals surface area contributed by atoms with E-state index in [9.17, 15) is 22.8 Å². The number of anilines is 4. The molecule has 12 nitrogen and oxygen atoms in total. The van der Waals surface area contributed by atoms with Crippen molar-refractivity contribution >= 4 is 40.4 Å². The molecule has 6 heterocycles. The van der Waals surface area contributed by atoms with Crippen LogP contribution in [0.5, 0.6) is 0 Å². The maximum absolute atomic E-state index is 13.5. The van der Waals surface area contributed by atoms with Crippen molar-refractivity contribution in [1.29, 1.82) is 0 Å². The number of piperidine rings is 3. The van der Waals surface area contributed by atoms with Gasteiger partial charge in [0.25, 0.3) is 0 Å². The van der Waals surface area contributed by atoms with Gasteiger partial charge in [-0.1, -0.05) is 6.07 Å². The molecule has 7 rings (SSSR count). The second kappa shape index (κ2) is 17.5. The van der Waals surface area contributed by atoms with Crippen LogP contribution in [0.25, 0.3) is 4.85 Å². The summed E-state index contributed by atoms with van der Waals surface area (Å²) in [7, 11) is 1.37. The van der Waals surface area contributed by atoms with E-state index in [0.29, 0.717) is 55.1 Å². The van der Waals surface area contributed by atoms with Crippen molar-refractivity contribution in [3.63, 3.8) is 0 Å². The Balaban J connectivity index is 0.791. The maximum Gasteiger partial charge on any atom is 0.407 e. The normalized spacial score (nSPS) is 19.8. The fourth-order valence-corrected chi connectivity index (χ4v) is 8.66. The Bertz CT molecular complexity index is 1840.